The number of likely N-dealkylation sites (tertiary alicyclic amines) is 1. The Morgan fingerprint density at radius 3 is 2.71 bits per heavy atom. The summed E-state index contributed by atoms with van der Waals surface area (Å²) in [5, 5.41) is 9.13. The van der Waals surface area contributed by atoms with E-state index in [4.69, 9.17) is 11.6 Å². The maximum Gasteiger partial charge on any atom is 0.308 e. The molecule has 0 spiro atoms. The average molecular weight is 322 g/mol. The lowest BCUT2D eigenvalue weighted by molar-refractivity contribution is -0.141. The zero-order chi connectivity index (χ0) is 15.8. The number of halogens is 4. The van der Waals surface area contributed by atoms with Gasteiger partial charge in [0.1, 0.15) is 5.82 Å². The van der Waals surface area contributed by atoms with Crippen LogP contribution in [0.4, 0.5) is 13.2 Å². The van der Waals surface area contributed by atoms with Crippen LogP contribution in [0.3, 0.4) is 0 Å². The maximum atomic E-state index is 13.5. The molecule has 1 aromatic rings. The number of nitrogens with zero attached hydrogens (tertiary/aromatic N) is 1. The van der Waals surface area contributed by atoms with E-state index in [0.717, 1.165) is 6.92 Å². The van der Waals surface area contributed by atoms with E-state index < -0.39 is 36.1 Å². The minimum Gasteiger partial charge on any atom is -0.481 e. The van der Waals surface area contributed by atoms with Gasteiger partial charge in [-0.25, -0.2) is 13.2 Å². The van der Waals surface area contributed by atoms with Gasteiger partial charge < -0.3 is 5.11 Å². The molecule has 1 aromatic carbocycles. The fourth-order valence-corrected chi connectivity index (χ4v) is 3.05. The summed E-state index contributed by atoms with van der Waals surface area (Å²) in [6.07, 6.45) is 0. The van der Waals surface area contributed by atoms with Crippen LogP contribution in [0.15, 0.2) is 18.2 Å². The van der Waals surface area contributed by atoms with Crippen molar-refractivity contribution in [3.05, 3.63) is 34.6 Å². The Morgan fingerprint density at radius 2 is 2.14 bits per heavy atom. The molecule has 0 saturated carbocycles. The SMILES string of the molecule is CC(F)(F)CN1CC(C(=O)O)C(c2cccc(F)c2Cl)C1. The van der Waals surface area contributed by atoms with Crippen LogP contribution in [0.5, 0.6) is 0 Å². The van der Waals surface area contributed by atoms with Crippen molar-refractivity contribution in [2.24, 2.45) is 5.92 Å². The van der Waals surface area contributed by atoms with E-state index in [1.807, 2.05) is 0 Å². The van der Waals surface area contributed by atoms with Gasteiger partial charge in [-0.15, -0.1) is 0 Å². The first-order chi connectivity index (χ1) is 9.69. The van der Waals surface area contributed by atoms with Crippen LogP contribution in [0.2, 0.25) is 5.02 Å². The number of aliphatic carboxylic acids is 1. The second-order valence-electron chi connectivity index (χ2n) is 5.46. The number of benzene rings is 1. The van der Waals surface area contributed by atoms with Crippen LogP contribution in [-0.4, -0.2) is 41.5 Å². The average Bonchev–Trinajstić information content (AvgIpc) is 2.74. The van der Waals surface area contributed by atoms with Gasteiger partial charge in [-0.1, -0.05) is 23.7 Å². The molecule has 1 aliphatic heterocycles. The molecule has 1 N–H and O–H groups in total. The van der Waals surface area contributed by atoms with E-state index in [1.165, 1.54) is 17.0 Å². The van der Waals surface area contributed by atoms with Crippen LogP contribution in [-0.2, 0) is 4.79 Å². The topological polar surface area (TPSA) is 40.5 Å². The standard InChI is InChI=1S/C14H15ClF3NO2/c1-14(17,18)7-19-5-9(10(6-19)13(20)21)8-3-2-4-11(16)12(8)15/h2-4,9-10H,5-7H2,1H3,(H,20,21). The summed E-state index contributed by atoms with van der Waals surface area (Å²) in [6, 6.07) is 4.15. The minimum atomic E-state index is -2.91. The van der Waals surface area contributed by atoms with Crippen LogP contribution in [0.25, 0.3) is 0 Å². The maximum absolute atomic E-state index is 13.5. The Balaban J connectivity index is 2.28. The molecule has 0 aliphatic carbocycles. The van der Waals surface area contributed by atoms with Crippen LogP contribution in [0, 0.1) is 11.7 Å². The van der Waals surface area contributed by atoms with Gasteiger partial charge in [0.15, 0.2) is 0 Å². The van der Waals surface area contributed by atoms with Gasteiger partial charge >= 0.3 is 5.97 Å². The second-order valence-corrected chi connectivity index (χ2v) is 5.84. The largest absolute Gasteiger partial charge is 0.481 e. The lowest BCUT2D eigenvalue weighted by atomic mass is 9.89. The molecule has 3 nitrogen and oxygen atoms in total. The molecular weight excluding hydrogens is 307 g/mol. The van der Waals surface area contributed by atoms with E-state index in [0.29, 0.717) is 5.56 Å². The van der Waals surface area contributed by atoms with Gasteiger partial charge in [-0.2, -0.15) is 0 Å². The molecular formula is C14H15ClF3NO2. The Morgan fingerprint density at radius 1 is 1.48 bits per heavy atom. The minimum absolute atomic E-state index is 0.00370. The Hall–Kier alpha value is -1.27. The fourth-order valence-electron chi connectivity index (χ4n) is 2.78. The van der Waals surface area contributed by atoms with Crippen molar-refractivity contribution >= 4 is 17.6 Å². The van der Waals surface area contributed by atoms with E-state index in [2.05, 4.69) is 0 Å². The van der Waals surface area contributed by atoms with Gasteiger partial charge in [0.2, 0.25) is 0 Å². The van der Waals surface area contributed by atoms with Crippen molar-refractivity contribution in [3.8, 4) is 0 Å². The second kappa shape index (κ2) is 5.85. The van der Waals surface area contributed by atoms with Crippen LogP contribution in [0.1, 0.15) is 18.4 Å². The number of hydrogen-bond donors (Lipinski definition) is 1. The Kier molecular flexibility index (Phi) is 4.49. The molecule has 1 fully saturated rings. The first-order valence-electron chi connectivity index (χ1n) is 6.46. The fraction of sp³-hybridized carbons (Fsp3) is 0.500. The van der Waals surface area contributed by atoms with Gasteiger partial charge in [-0.05, 0) is 11.6 Å². The van der Waals surface area contributed by atoms with Crippen molar-refractivity contribution in [1.82, 2.24) is 4.90 Å². The highest BCUT2D eigenvalue weighted by Crippen LogP contribution is 2.38. The summed E-state index contributed by atoms with van der Waals surface area (Å²) in [7, 11) is 0. The lowest BCUT2D eigenvalue weighted by Gasteiger charge is -2.20. The molecule has 0 amide bonds. The highest BCUT2D eigenvalue weighted by Gasteiger charge is 2.42. The molecule has 116 valence electrons. The lowest BCUT2D eigenvalue weighted by Crippen LogP contribution is -2.34. The molecule has 0 bridgehead atoms. The van der Waals surface area contributed by atoms with Crippen molar-refractivity contribution < 1.29 is 23.1 Å². The predicted molar refractivity (Wildman–Crippen MR) is 72.3 cm³/mol. The Bertz CT molecular complexity index is 548. The van der Waals surface area contributed by atoms with Crippen molar-refractivity contribution in [2.45, 2.75) is 18.8 Å². The van der Waals surface area contributed by atoms with E-state index in [-0.39, 0.29) is 18.1 Å². The molecule has 1 heterocycles. The summed E-state index contributed by atoms with van der Waals surface area (Å²) in [5.74, 6) is -6.14. The summed E-state index contributed by atoms with van der Waals surface area (Å²) in [6.45, 7) is 0.366. The molecule has 0 aromatic heterocycles. The number of carbonyl (C=O) groups is 1. The zero-order valence-corrected chi connectivity index (χ0v) is 12.1. The normalized spacial score (nSPS) is 23.5. The van der Waals surface area contributed by atoms with Gasteiger partial charge in [0.25, 0.3) is 5.92 Å². The summed E-state index contributed by atoms with van der Waals surface area (Å²) >= 11 is 5.89. The zero-order valence-electron chi connectivity index (χ0n) is 11.3. The van der Waals surface area contributed by atoms with E-state index >= 15 is 0 Å². The third-order valence-electron chi connectivity index (χ3n) is 3.59. The van der Waals surface area contributed by atoms with Crippen molar-refractivity contribution in [3.63, 3.8) is 0 Å². The smallest absolute Gasteiger partial charge is 0.308 e. The number of carboxylic acids is 1. The molecule has 7 heteroatoms. The van der Waals surface area contributed by atoms with Gasteiger partial charge in [0.05, 0.1) is 17.5 Å². The Labute approximate surface area is 125 Å². The van der Waals surface area contributed by atoms with Gasteiger partial charge in [-0.3, -0.25) is 9.69 Å². The number of rotatable bonds is 4. The summed E-state index contributed by atoms with van der Waals surface area (Å²) < 4.78 is 39.7. The molecule has 2 atom stereocenters. The van der Waals surface area contributed by atoms with E-state index in [9.17, 15) is 23.1 Å². The number of hydrogen-bond acceptors (Lipinski definition) is 2. The van der Waals surface area contributed by atoms with E-state index in [1.54, 1.807) is 6.07 Å². The van der Waals surface area contributed by atoms with Gasteiger partial charge in [0, 0.05) is 25.9 Å². The third kappa shape index (κ3) is 3.68. The molecule has 2 unspecified atom stereocenters. The first kappa shape index (κ1) is 16.1. The molecule has 1 saturated heterocycles. The van der Waals surface area contributed by atoms with Crippen LogP contribution < -0.4 is 0 Å². The van der Waals surface area contributed by atoms with Crippen LogP contribution >= 0.6 is 11.6 Å². The van der Waals surface area contributed by atoms with Crippen molar-refractivity contribution in [2.75, 3.05) is 19.6 Å². The molecule has 2 rings (SSSR count). The number of alkyl halides is 2. The quantitative estimate of drug-likeness (QED) is 0.925. The number of carboxylic acid groups (broad SMARTS) is 1. The molecule has 21 heavy (non-hydrogen) atoms. The molecule has 0 radical (unpaired) electrons. The highest BCUT2D eigenvalue weighted by molar-refractivity contribution is 6.31. The predicted octanol–water partition coefficient (Wildman–Crippen LogP) is 3.23. The highest BCUT2D eigenvalue weighted by atomic mass is 35.5. The summed E-state index contributed by atoms with van der Waals surface area (Å²) in [4.78, 5) is 12.7. The first-order valence-corrected chi connectivity index (χ1v) is 6.84. The van der Waals surface area contributed by atoms with Crippen molar-refractivity contribution in [1.29, 1.82) is 0 Å². The third-order valence-corrected chi connectivity index (χ3v) is 3.99. The molecule has 1 aliphatic rings. The summed E-state index contributed by atoms with van der Waals surface area (Å²) in [5.41, 5.74) is 0.353. The monoisotopic (exact) mass is 321 g/mol.